The highest BCUT2D eigenvalue weighted by Gasteiger charge is 2.18. The Labute approximate surface area is 293 Å². The van der Waals surface area contributed by atoms with E-state index in [2.05, 4.69) is 181 Å². The molecule has 0 aliphatic heterocycles. The molecule has 0 aliphatic carbocycles. The molecule has 0 radical (unpaired) electrons. The molecule has 2 heterocycles. The van der Waals surface area contributed by atoms with E-state index in [9.17, 15) is 0 Å². The van der Waals surface area contributed by atoms with Gasteiger partial charge in [0, 0.05) is 43.2 Å². The van der Waals surface area contributed by atoms with Crippen LogP contribution in [0.2, 0.25) is 0 Å². The van der Waals surface area contributed by atoms with Crippen LogP contribution in [0.1, 0.15) is 0 Å². The zero-order valence-corrected chi connectivity index (χ0v) is 28.2. The Morgan fingerprint density at radius 2 is 0.857 bits per heavy atom. The van der Waals surface area contributed by atoms with Crippen molar-refractivity contribution in [3.05, 3.63) is 182 Å². The second kappa shape index (κ2) is 12.7. The first-order valence-corrected chi connectivity index (χ1v) is 18.0. The zero-order chi connectivity index (χ0) is 32.6. The van der Waals surface area contributed by atoms with Crippen molar-refractivity contribution in [1.82, 2.24) is 4.98 Å². The summed E-state index contributed by atoms with van der Waals surface area (Å²) in [6.45, 7) is 0. The van der Waals surface area contributed by atoms with Gasteiger partial charge in [-0.05, 0) is 89.0 Å². The summed E-state index contributed by atoms with van der Waals surface area (Å²) < 4.78 is 2.50. The average molecular weight is 663 g/mol. The van der Waals surface area contributed by atoms with Crippen LogP contribution >= 0.6 is 22.7 Å². The minimum atomic E-state index is 1.04. The van der Waals surface area contributed by atoms with E-state index in [4.69, 9.17) is 4.98 Å². The molecule has 9 aromatic rings. The Bertz CT molecular complexity index is 2480. The van der Waals surface area contributed by atoms with Crippen LogP contribution < -0.4 is 4.90 Å². The highest BCUT2D eigenvalue weighted by molar-refractivity contribution is 7.23. The van der Waals surface area contributed by atoms with E-state index in [1.807, 2.05) is 17.4 Å². The molecule has 0 saturated heterocycles. The molecular weight excluding hydrogens is 633 g/mol. The van der Waals surface area contributed by atoms with E-state index in [1.165, 1.54) is 47.5 Å². The van der Waals surface area contributed by atoms with Crippen molar-refractivity contribution in [3.63, 3.8) is 0 Å². The fourth-order valence-electron chi connectivity index (χ4n) is 6.53. The fraction of sp³-hybridized carbons (Fsp3) is 0. The third kappa shape index (κ3) is 5.61. The van der Waals surface area contributed by atoms with Crippen molar-refractivity contribution < 1.29 is 0 Å². The van der Waals surface area contributed by atoms with E-state index >= 15 is 0 Å². The van der Waals surface area contributed by atoms with Crippen molar-refractivity contribution >= 4 is 60.0 Å². The summed E-state index contributed by atoms with van der Waals surface area (Å²) in [5, 5.41) is 2.33. The number of thiophene rings is 1. The first kappa shape index (κ1) is 29.3. The number of nitrogens with zero attached hydrogens (tertiary/aromatic N) is 2. The molecule has 2 nitrogen and oxygen atoms in total. The Kier molecular flexibility index (Phi) is 7.58. The molecule has 0 fully saturated rings. The third-order valence-corrected chi connectivity index (χ3v) is 11.2. The van der Waals surface area contributed by atoms with Gasteiger partial charge in [0.05, 0.1) is 10.2 Å². The van der Waals surface area contributed by atoms with Crippen LogP contribution in [0.3, 0.4) is 0 Å². The predicted octanol–water partition coefficient (Wildman–Crippen LogP) is 13.6. The van der Waals surface area contributed by atoms with Gasteiger partial charge in [-0.25, -0.2) is 4.98 Å². The minimum absolute atomic E-state index is 1.04. The van der Waals surface area contributed by atoms with Crippen LogP contribution in [-0.2, 0) is 0 Å². The van der Waals surface area contributed by atoms with E-state index in [0.29, 0.717) is 0 Å². The number of thiazole rings is 1. The number of aromatic nitrogens is 1. The lowest BCUT2D eigenvalue weighted by Crippen LogP contribution is -2.09. The van der Waals surface area contributed by atoms with Gasteiger partial charge >= 0.3 is 0 Å². The van der Waals surface area contributed by atoms with Crippen LogP contribution in [0.15, 0.2) is 182 Å². The molecule has 2 aromatic heterocycles. The maximum Gasteiger partial charge on any atom is 0.124 e. The summed E-state index contributed by atoms with van der Waals surface area (Å²) in [6.07, 6.45) is 0. The lowest BCUT2D eigenvalue weighted by Gasteiger charge is -2.26. The van der Waals surface area contributed by atoms with Gasteiger partial charge in [-0.2, -0.15) is 0 Å². The van der Waals surface area contributed by atoms with Crippen molar-refractivity contribution in [2.24, 2.45) is 0 Å². The van der Waals surface area contributed by atoms with Crippen LogP contribution in [0.25, 0.3) is 63.6 Å². The molecular formula is C45H30N2S2. The van der Waals surface area contributed by atoms with Gasteiger partial charge in [0.2, 0.25) is 0 Å². The molecule has 0 saturated carbocycles. The molecule has 0 bridgehead atoms. The molecule has 232 valence electrons. The molecule has 0 atom stereocenters. The van der Waals surface area contributed by atoms with Crippen LogP contribution in [0.4, 0.5) is 17.1 Å². The van der Waals surface area contributed by atoms with Gasteiger partial charge in [-0.3, -0.25) is 0 Å². The zero-order valence-electron chi connectivity index (χ0n) is 26.5. The largest absolute Gasteiger partial charge is 0.311 e. The van der Waals surface area contributed by atoms with Gasteiger partial charge in [-0.15, -0.1) is 22.7 Å². The first-order chi connectivity index (χ1) is 24.3. The Morgan fingerprint density at radius 3 is 1.49 bits per heavy atom. The van der Waals surface area contributed by atoms with Gasteiger partial charge in [-0.1, -0.05) is 115 Å². The summed E-state index contributed by atoms with van der Waals surface area (Å²) in [5.74, 6) is 0. The van der Waals surface area contributed by atoms with Crippen LogP contribution in [0, 0.1) is 0 Å². The molecule has 0 amide bonds. The topological polar surface area (TPSA) is 16.1 Å². The van der Waals surface area contributed by atoms with Gasteiger partial charge in [0.1, 0.15) is 5.01 Å². The molecule has 7 aromatic carbocycles. The number of fused-ring (bicyclic) bond motifs is 2. The molecule has 0 N–H and O–H groups in total. The van der Waals surface area contributed by atoms with Crippen molar-refractivity contribution in [2.75, 3.05) is 4.90 Å². The number of anilines is 3. The van der Waals surface area contributed by atoms with Crippen molar-refractivity contribution in [1.29, 1.82) is 0 Å². The standard InChI is InChI=1S/C45H30N2S2/c1-3-11-31(12-4-1)32-19-25-36(26-20-32)47(38-29-23-35(24-30-38)45-46-40-16-8-10-18-42(40)49-45)37-27-21-34(22-28-37)44-43(33-13-5-2-6-14-33)39-15-7-9-17-41(39)48-44/h1-30H. The molecule has 0 spiro atoms. The Balaban J connectivity index is 1.12. The Hall–Kier alpha value is -5.81. The number of hydrogen-bond acceptors (Lipinski definition) is 4. The summed E-state index contributed by atoms with van der Waals surface area (Å²) in [4.78, 5) is 8.53. The normalized spacial score (nSPS) is 11.3. The second-order valence-electron chi connectivity index (χ2n) is 12.0. The maximum absolute atomic E-state index is 4.90. The molecule has 4 heteroatoms. The maximum atomic E-state index is 4.90. The molecule has 9 rings (SSSR count). The monoisotopic (exact) mass is 662 g/mol. The van der Waals surface area contributed by atoms with E-state index in [-0.39, 0.29) is 0 Å². The van der Waals surface area contributed by atoms with E-state index < -0.39 is 0 Å². The van der Waals surface area contributed by atoms with Crippen LogP contribution in [-0.4, -0.2) is 4.98 Å². The highest BCUT2D eigenvalue weighted by Crippen LogP contribution is 2.46. The SMILES string of the molecule is c1ccc(-c2ccc(N(c3ccc(-c4nc5ccccc5s4)cc3)c3ccc(-c4sc5ccccc5c4-c4ccccc4)cc3)cc2)cc1. The van der Waals surface area contributed by atoms with Gasteiger partial charge in [0.15, 0.2) is 0 Å². The van der Waals surface area contributed by atoms with Crippen LogP contribution in [0.5, 0.6) is 0 Å². The summed E-state index contributed by atoms with van der Waals surface area (Å²) in [5.41, 5.74) is 11.6. The quantitative estimate of drug-likeness (QED) is 0.169. The number of para-hydroxylation sites is 1. The third-order valence-electron chi connectivity index (χ3n) is 8.94. The average Bonchev–Trinajstić information content (AvgIpc) is 3.79. The first-order valence-electron chi connectivity index (χ1n) is 16.4. The number of hydrogen-bond donors (Lipinski definition) is 0. The summed E-state index contributed by atoms with van der Waals surface area (Å²) in [7, 11) is 0. The minimum Gasteiger partial charge on any atom is -0.311 e. The highest BCUT2D eigenvalue weighted by atomic mass is 32.1. The summed E-state index contributed by atoms with van der Waals surface area (Å²) in [6, 6.07) is 65.1. The molecule has 0 unspecified atom stereocenters. The molecule has 0 aliphatic rings. The lowest BCUT2D eigenvalue weighted by atomic mass is 9.98. The number of benzene rings is 7. The van der Waals surface area contributed by atoms with E-state index in [1.54, 1.807) is 11.3 Å². The second-order valence-corrected chi connectivity index (χ2v) is 14.1. The summed E-state index contributed by atoms with van der Waals surface area (Å²) >= 11 is 3.59. The fourth-order valence-corrected chi connectivity index (χ4v) is 8.73. The van der Waals surface area contributed by atoms with Gasteiger partial charge < -0.3 is 4.90 Å². The van der Waals surface area contributed by atoms with Crippen molar-refractivity contribution in [2.45, 2.75) is 0 Å². The van der Waals surface area contributed by atoms with Gasteiger partial charge in [0.25, 0.3) is 0 Å². The van der Waals surface area contributed by atoms with Crippen molar-refractivity contribution in [3.8, 4) is 43.3 Å². The Morgan fingerprint density at radius 1 is 0.367 bits per heavy atom. The predicted molar refractivity (Wildman–Crippen MR) is 211 cm³/mol. The smallest absolute Gasteiger partial charge is 0.124 e. The lowest BCUT2D eigenvalue weighted by molar-refractivity contribution is 1.28. The number of rotatable bonds is 7. The van der Waals surface area contributed by atoms with E-state index in [0.717, 1.165) is 33.1 Å². The molecule has 49 heavy (non-hydrogen) atoms.